The minimum atomic E-state index is -0.255. The maximum atomic E-state index is 11.0. The molecule has 1 heterocycles. The van der Waals surface area contributed by atoms with E-state index in [1.165, 1.54) is 4.90 Å². The van der Waals surface area contributed by atoms with Crippen LogP contribution in [0.15, 0.2) is 0 Å². The highest BCUT2D eigenvalue weighted by Crippen LogP contribution is 2.02. The van der Waals surface area contributed by atoms with Crippen LogP contribution in [-0.2, 0) is 4.79 Å². The van der Waals surface area contributed by atoms with Crippen molar-refractivity contribution >= 4 is 27.9 Å². The van der Waals surface area contributed by atoms with Crippen molar-refractivity contribution in [2.75, 3.05) is 18.4 Å². The number of carbonyl (C=O) groups is 2. The lowest BCUT2D eigenvalue weighted by Gasteiger charge is -2.11. The number of rotatable bonds is 4. The number of nitrogens with zero attached hydrogens (tertiary/aromatic N) is 1. The number of imide groups is 1. The zero-order valence-corrected chi connectivity index (χ0v) is 8.26. The van der Waals surface area contributed by atoms with E-state index in [2.05, 4.69) is 21.2 Å². The van der Waals surface area contributed by atoms with Crippen molar-refractivity contribution in [3.8, 4) is 0 Å². The molecule has 5 heteroatoms. The molecule has 1 fully saturated rings. The summed E-state index contributed by atoms with van der Waals surface area (Å²) in [6.07, 6.45) is 1.96. The standard InChI is InChI=1S/C7H11BrN2O2/c8-3-1-2-4-10-5-6(11)9-7(10)12/h1-5H2,(H,9,11,12). The first-order chi connectivity index (χ1) is 5.74. The third kappa shape index (κ3) is 2.48. The fourth-order valence-electron chi connectivity index (χ4n) is 1.06. The van der Waals surface area contributed by atoms with Crippen LogP contribution in [0.3, 0.4) is 0 Å². The van der Waals surface area contributed by atoms with Gasteiger partial charge in [0.15, 0.2) is 0 Å². The Morgan fingerprint density at radius 3 is 2.67 bits per heavy atom. The van der Waals surface area contributed by atoms with E-state index in [0.717, 1.165) is 18.2 Å². The Hall–Kier alpha value is -0.580. The molecule has 68 valence electrons. The number of nitrogens with one attached hydrogen (secondary N) is 1. The van der Waals surface area contributed by atoms with Crippen molar-refractivity contribution in [2.45, 2.75) is 12.8 Å². The molecule has 0 aliphatic carbocycles. The molecule has 0 radical (unpaired) electrons. The van der Waals surface area contributed by atoms with E-state index in [0.29, 0.717) is 6.54 Å². The molecule has 1 N–H and O–H groups in total. The molecule has 1 aliphatic rings. The molecule has 1 saturated heterocycles. The van der Waals surface area contributed by atoms with Gasteiger partial charge in [0.1, 0.15) is 6.54 Å². The van der Waals surface area contributed by atoms with Crippen molar-refractivity contribution in [2.24, 2.45) is 0 Å². The van der Waals surface area contributed by atoms with Gasteiger partial charge in [-0.1, -0.05) is 15.9 Å². The van der Waals surface area contributed by atoms with E-state index in [1.807, 2.05) is 0 Å². The normalized spacial score (nSPS) is 16.9. The van der Waals surface area contributed by atoms with E-state index < -0.39 is 0 Å². The number of carbonyl (C=O) groups excluding carboxylic acids is 2. The lowest BCUT2D eigenvalue weighted by molar-refractivity contribution is -0.118. The molecule has 1 aliphatic heterocycles. The molecule has 1 rings (SSSR count). The van der Waals surface area contributed by atoms with Crippen LogP contribution in [0.2, 0.25) is 0 Å². The molecule has 0 aromatic rings. The lowest BCUT2D eigenvalue weighted by Crippen LogP contribution is -2.29. The predicted octanol–water partition coefficient (Wildman–Crippen LogP) is 0.713. The summed E-state index contributed by atoms with van der Waals surface area (Å²) in [5.74, 6) is -0.196. The highest BCUT2D eigenvalue weighted by molar-refractivity contribution is 9.09. The van der Waals surface area contributed by atoms with Crippen LogP contribution in [0.5, 0.6) is 0 Å². The van der Waals surface area contributed by atoms with Crippen molar-refractivity contribution in [1.82, 2.24) is 10.2 Å². The van der Waals surface area contributed by atoms with Gasteiger partial charge in [0.25, 0.3) is 0 Å². The molecule has 12 heavy (non-hydrogen) atoms. The SMILES string of the molecule is O=C1CN(CCCCBr)C(=O)N1. The highest BCUT2D eigenvalue weighted by Gasteiger charge is 2.25. The minimum absolute atomic E-state index is 0.196. The van der Waals surface area contributed by atoms with E-state index >= 15 is 0 Å². The average molecular weight is 235 g/mol. The molecule has 0 aromatic carbocycles. The fourth-order valence-corrected chi connectivity index (χ4v) is 1.46. The maximum absolute atomic E-state index is 11.0. The first-order valence-corrected chi connectivity index (χ1v) is 5.01. The first kappa shape index (κ1) is 9.51. The van der Waals surface area contributed by atoms with Crippen molar-refractivity contribution < 1.29 is 9.59 Å². The lowest BCUT2D eigenvalue weighted by atomic mass is 10.3. The number of urea groups is 1. The van der Waals surface area contributed by atoms with Crippen LogP contribution in [0, 0.1) is 0 Å². The number of halogens is 1. The van der Waals surface area contributed by atoms with Crippen LogP contribution in [0.1, 0.15) is 12.8 Å². The molecule has 3 amide bonds. The number of alkyl halides is 1. The van der Waals surface area contributed by atoms with Gasteiger partial charge in [-0.3, -0.25) is 10.1 Å². The highest BCUT2D eigenvalue weighted by atomic mass is 79.9. The Bertz CT molecular complexity index is 196. The Balaban J connectivity index is 2.24. The average Bonchev–Trinajstić information content (AvgIpc) is 2.31. The van der Waals surface area contributed by atoms with Gasteiger partial charge in [-0.15, -0.1) is 0 Å². The molecule has 0 bridgehead atoms. The fraction of sp³-hybridized carbons (Fsp3) is 0.714. The summed E-state index contributed by atoms with van der Waals surface area (Å²) in [5, 5.41) is 3.17. The van der Waals surface area contributed by atoms with Crippen LogP contribution >= 0.6 is 15.9 Å². The minimum Gasteiger partial charge on any atom is -0.315 e. The molecule has 0 atom stereocenters. The summed E-state index contributed by atoms with van der Waals surface area (Å²) in [6, 6.07) is -0.255. The summed E-state index contributed by atoms with van der Waals surface area (Å²) < 4.78 is 0. The quantitative estimate of drug-likeness (QED) is 0.443. The third-order valence-corrected chi connectivity index (χ3v) is 2.24. The van der Waals surface area contributed by atoms with Crippen LogP contribution in [0.25, 0.3) is 0 Å². The van der Waals surface area contributed by atoms with Gasteiger partial charge >= 0.3 is 6.03 Å². The molecule has 0 aromatic heterocycles. The van der Waals surface area contributed by atoms with Gasteiger partial charge in [-0.25, -0.2) is 4.79 Å². The first-order valence-electron chi connectivity index (χ1n) is 3.89. The molecule has 0 saturated carbocycles. The zero-order chi connectivity index (χ0) is 8.97. The Morgan fingerprint density at radius 2 is 2.17 bits per heavy atom. The monoisotopic (exact) mass is 234 g/mol. The third-order valence-electron chi connectivity index (χ3n) is 1.68. The van der Waals surface area contributed by atoms with Gasteiger partial charge in [-0.2, -0.15) is 0 Å². The molecule has 0 unspecified atom stereocenters. The summed E-state index contributed by atoms with van der Waals surface area (Å²) >= 11 is 3.30. The van der Waals surface area contributed by atoms with Crippen molar-refractivity contribution in [3.05, 3.63) is 0 Å². The van der Waals surface area contributed by atoms with Crippen LogP contribution < -0.4 is 5.32 Å². The van der Waals surface area contributed by atoms with Gasteiger partial charge in [0, 0.05) is 11.9 Å². The van der Waals surface area contributed by atoms with Gasteiger partial charge in [0.05, 0.1) is 0 Å². The summed E-state index contributed by atoms with van der Waals surface area (Å²) in [6.45, 7) is 0.893. The second-order valence-corrected chi connectivity index (χ2v) is 3.46. The van der Waals surface area contributed by atoms with Crippen LogP contribution in [0.4, 0.5) is 4.79 Å². The largest absolute Gasteiger partial charge is 0.324 e. The number of hydrogen-bond donors (Lipinski definition) is 1. The molecular weight excluding hydrogens is 224 g/mol. The van der Waals surface area contributed by atoms with E-state index in [1.54, 1.807) is 0 Å². The van der Waals surface area contributed by atoms with E-state index in [-0.39, 0.29) is 18.5 Å². The van der Waals surface area contributed by atoms with Gasteiger partial charge in [-0.05, 0) is 12.8 Å². The van der Waals surface area contributed by atoms with Crippen molar-refractivity contribution in [1.29, 1.82) is 0 Å². The summed E-state index contributed by atoms with van der Waals surface area (Å²) in [4.78, 5) is 23.2. The smallest absolute Gasteiger partial charge is 0.315 e. The second-order valence-electron chi connectivity index (χ2n) is 2.67. The Morgan fingerprint density at radius 1 is 1.42 bits per heavy atom. The van der Waals surface area contributed by atoms with Crippen molar-refractivity contribution in [3.63, 3.8) is 0 Å². The zero-order valence-electron chi connectivity index (χ0n) is 6.68. The second kappa shape index (κ2) is 4.45. The van der Waals surface area contributed by atoms with Gasteiger partial charge in [0.2, 0.25) is 5.91 Å². The number of amides is 3. The van der Waals surface area contributed by atoms with Gasteiger partial charge < -0.3 is 4.90 Å². The topological polar surface area (TPSA) is 49.4 Å². The number of unbranched alkanes of at least 4 members (excludes halogenated alkanes) is 1. The molecule has 0 spiro atoms. The molecule has 4 nitrogen and oxygen atoms in total. The molecular formula is C7H11BrN2O2. The summed E-state index contributed by atoms with van der Waals surface area (Å²) in [5.41, 5.74) is 0. The van der Waals surface area contributed by atoms with Crippen LogP contribution in [-0.4, -0.2) is 35.3 Å². The van der Waals surface area contributed by atoms with E-state index in [9.17, 15) is 9.59 Å². The Labute approximate surface area is 79.4 Å². The summed E-state index contributed by atoms with van der Waals surface area (Å²) in [7, 11) is 0. The number of hydrogen-bond acceptors (Lipinski definition) is 2. The van der Waals surface area contributed by atoms with E-state index in [4.69, 9.17) is 0 Å². The Kier molecular flexibility index (Phi) is 3.52. The predicted molar refractivity (Wildman–Crippen MR) is 48.1 cm³/mol. The maximum Gasteiger partial charge on any atom is 0.324 e.